The van der Waals surface area contributed by atoms with Gasteiger partial charge in [0, 0.05) is 12.6 Å². The van der Waals surface area contributed by atoms with E-state index in [9.17, 15) is 4.39 Å². The molecule has 88 valence electrons. The minimum absolute atomic E-state index is 0.115. The normalized spacial score (nSPS) is 18.2. The van der Waals surface area contributed by atoms with E-state index in [1.807, 2.05) is 19.1 Å². The number of hydrogen-bond donors (Lipinski definition) is 1. The lowest BCUT2D eigenvalue weighted by atomic mass is 9.80. The third-order valence-electron chi connectivity index (χ3n) is 3.71. The van der Waals surface area contributed by atoms with E-state index >= 15 is 0 Å². The van der Waals surface area contributed by atoms with Gasteiger partial charge in [-0.2, -0.15) is 0 Å². The Bertz CT molecular complexity index is 358. The van der Waals surface area contributed by atoms with Crippen LogP contribution in [0.5, 0.6) is 0 Å². The van der Waals surface area contributed by atoms with Gasteiger partial charge in [-0.25, -0.2) is 4.39 Å². The van der Waals surface area contributed by atoms with E-state index in [0.717, 1.165) is 18.0 Å². The van der Waals surface area contributed by atoms with Crippen LogP contribution in [-0.2, 0) is 6.54 Å². The highest BCUT2D eigenvalue weighted by atomic mass is 19.1. The van der Waals surface area contributed by atoms with Gasteiger partial charge in [0.1, 0.15) is 5.82 Å². The second kappa shape index (κ2) is 4.96. The van der Waals surface area contributed by atoms with Crippen molar-refractivity contribution in [3.05, 3.63) is 35.1 Å². The molecule has 0 heterocycles. The third-order valence-corrected chi connectivity index (χ3v) is 3.71. The summed E-state index contributed by atoms with van der Waals surface area (Å²) in [6.45, 7) is 4.91. The topological polar surface area (TPSA) is 12.0 Å². The Morgan fingerprint density at radius 2 is 2.19 bits per heavy atom. The molecule has 0 bridgehead atoms. The quantitative estimate of drug-likeness (QED) is 0.821. The summed E-state index contributed by atoms with van der Waals surface area (Å²) >= 11 is 0. The van der Waals surface area contributed by atoms with Gasteiger partial charge in [0.25, 0.3) is 0 Å². The summed E-state index contributed by atoms with van der Waals surface area (Å²) in [5.41, 5.74) is 1.90. The van der Waals surface area contributed by atoms with Crippen LogP contribution in [0.3, 0.4) is 0 Å². The molecule has 1 nitrogen and oxygen atoms in total. The monoisotopic (exact) mass is 221 g/mol. The SMILES string of the molecule is Cc1cc(CNC(C)C2CCC2)ccc1F. The first-order valence-electron chi connectivity index (χ1n) is 6.15. The zero-order chi connectivity index (χ0) is 11.5. The lowest BCUT2D eigenvalue weighted by Crippen LogP contribution is -2.36. The molecule has 2 rings (SSSR count). The number of halogens is 1. The molecule has 1 aromatic rings. The molecule has 0 amide bonds. The van der Waals surface area contributed by atoms with E-state index < -0.39 is 0 Å². The van der Waals surface area contributed by atoms with Crippen molar-refractivity contribution in [2.24, 2.45) is 5.92 Å². The largest absolute Gasteiger partial charge is 0.310 e. The van der Waals surface area contributed by atoms with Crippen molar-refractivity contribution in [3.63, 3.8) is 0 Å². The molecule has 16 heavy (non-hydrogen) atoms. The van der Waals surface area contributed by atoms with Gasteiger partial charge in [0.05, 0.1) is 0 Å². The number of nitrogens with one attached hydrogen (secondary N) is 1. The molecule has 1 saturated carbocycles. The van der Waals surface area contributed by atoms with Crippen molar-refractivity contribution in [2.45, 2.75) is 45.7 Å². The molecule has 0 aromatic heterocycles. The average molecular weight is 221 g/mol. The molecular formula is C14H20FN. The Morgan fingerprint density at radius 3 is 2.75 bits per heavy atom. The maximum atomic E-state index is 13.1. The summed E-state index contributed by atoms with van der Waals surface area (Å²) in [6.07, 6.45) is 4.10. The summed E-state index contributed by atoms with van der Waals surface area (Å²) in [4.78, 5) is 0. The summed E-state index contributed by atoms with van der Waals surface area (Å²) < 4.78 is 13.1. The van der Waals surface area contributed by atoms with Crippen molar-refractivity contribution < 1.29 is 4.39 Å². The van der Waals surface area contributed by atoms with Gasteiger partial charge >= 0.3 is 0 Å². The highest BCUT2D eigenvalue weighted by Gasteiger charge is 2.23. The molecule has 1 atom stereocenters. The van der Waals surface area contributed by atoms with Gasteiger partial charge in [-0.1, -0.05) is 18.6 Å². The molecule has 0 spiro atoms. The molecule has 1 N–H and O–H groups in total. The number of aryl methyl sites for hydroxylation is 1. The summed E-state index contributed by atoms with van der Waals surface area (Å²) in [7, 11) is 0. The number of rotatable bonds is 4. The zero-order valence-electron chi connectivity index (χ0n) is 10.1. The molecule has 1 aliphatic rings. The molecule has 1 fully saturated rings. The lowest BCUT2D eigenvalue weighted by molar-refractivity contribution is 0.240. The predicted octanol–water partition coefficient (Wildman–Crippen LogP) is 3.41. The molecule has 0 radical (unpaired) electrons. The van der Waals surface area contributed by atoms with Gasteiger partial charge < -0.3 is 5.32 Å². The fourth-order valence-corrected chi connectivity index (χ4v) is 2.20. The van der Waals surface area contributed by atoms with Crippen molar-refractivity contribution in [1.82, 2.24) is 5.32 Å². The zero-order valence-corrected chi connectivity index (χ0v) is 10.1. The summed E-state index contributed by atoms with van der Waals surface area (Å²) in [6, 6.07) is 5.93. The summed E-state index contributed by atoms with van der Waals surface area (Å²) in [5.74, 6) is 0.734. The average Bonchev–Trinajstić information content (AvgIpc) is 2.17. The van der Waals surface area contributed by atoms with Crippen LogP contribution in [0.1, 0.15) is 37.3 Å². The maximum absolute atomic E-state index is 13.1. The minimum Gasteiger partial charge on any atom is -0.310 e. The first-order valence-corrected chi connectivity index (χ1v) is 6.15. The molecular weight excluding hydrogens is 201 g/mol. The Morgan fingerprint density at radius 1 is 1.44 bits per heavy atom. The first-order chi connectivity index (χ1) is 7.66. The van der Waals surface area contributed by atoms with E-state index in [1.165, 1.54) is 24.8 Å². The van der Waals surface area contributed by atoms with E-state index in [2.05, 4.69) is 12.2 Å². The van der Waals surface area contributed by atoms with Crippen molar-refractivity contribution in [2.75, 3.05) is 0 Å². The van der Waals surface area contributed by atoms with Crippen molar-refractivity contribution >= 4 is 0 Å². The van der Waals surface area contributed by atoms with Crippen molar-refractivity contribution in [3.8, 4) is 0 Å². The number of hydrogen-bond acceptors (Lipinski definition) is 1. The van der Waals surface area contributed by atoms with Gasteiger partial charge in [0.15, 0.2) is 0 Å². The van der Waals surface area contributed by atoms with Crippen LogP contribution < -0.4 is 5.32 Å². The van der Waals surface area contributed by atoms with Crippen LogP contribution in [0.25, 0.3) is 0 Å². The Hall–Kier alpha value is -0.890. The molecule has 2 heteroatoms. The van der Waals surface area contributed by atoms with Crippen LogP contribution in [0, 0.1) is 18.7 Å². The Kier molecular flexibility index (Phi) is 3.59. The van der Waals surface area contributed by atoms with E-state index in [1.54, 1.807) is 6.07 Å². The predicted molar refractivity (Wildman–Crippen MR) is 64.8 cm³/mol. The molecule has 1 unspecified atom stereocenters. The Balaban J connectivity index is 1.86. The second-order valence-electron chi connectivity index (χ2n) is 4.94. The third kappa shape index (κ3) is 2.62. The van der Waals surface area contributed by atoms with Crippen LogP contribution >= 0.6 is 0 Å². The molecule has 0 saturated heterocycles. The van der Waals surface area contributed by atoms with Crippen LogP contribution in [0.2, 0.25) is 0 Å². The fourth-order valence-electron chi connectivity index (χ4n) is 2.20. The van der Waals surface area contributed by atoms with Gasteiger partial charge in [0.2, 0.25) is 0 Å². The molecule has 1 aliphatic carbocycles. The van der Waals surface area contributed by atoms with Crippen LogP contribution in [-0.4, -0.2) is 6.04 Å². The van der Waals surface area contributed by atoms with Crippen LogP contribution in [0.15, 0.2) is 18.2 Å². The van der Waals surface area contributed by atoms with Crippen molar-refractivity contribution in [1.29, 1.82) is 0 Å². The van der Waals surface area contributed by atoms with Crippen LogP contribution in [0.4, 0.5) is 4.39 Å². The Labute approximate surface area is 97.1 Å². The van der Waals surface area contributed by atoms with Gasteiger partial charge in [-0.15, -0.1) is 0 Å². The smallest absolute Gasteiger partial charge is 0.126 e. The maximum Gasteiger partial charge on any atom is 0.126 e. The van der Waals surface area contributed by atoms with E-state index in [-0.39, 0.29) is 5.82 Å². The fraction of sp³-hybridized carbons (Fsp3) is 0.571. The highest BCUT2D eigenvalue weighted by Crippen LogP contribution is 2.29. The van der Waals surface area contributed by atoms with E-state index in [4.69, 9.17) is 0 Å². The second-order valence-corrected chi connectivity index (χ2v) is 4.94. The lowest BCUT2D eigenvalue weighted by Gasteiger charge is -2.32. The standard InChI is InChI=1S/C14H20FN/c1-10-8-12(6-7-14(10)15)9-16-11(2)13-4-3-5-13/h6-8,11,13,16H,3-5,9H2,1-2H3. The van der Waals surface area contributed by atoms with Gasteiger partial charge in [-0.3, -0.25) is 0 Å². The molecule has 1 aromatic carbocycles. The van der Waals surface area contributed by atoms with Gasteiger partial charge in [-0.05, 0) is 49.8 Å². The highest BCUT2D eigenvalue weighted by molar-refractivity contribution is 5.23. The first kappa shape index (κ1) is 11.6. The number of benzene rings is 1. The minimum atomic E-state index is -0.115. The van der Waals surface area contributed by atoms with E-state index in [0.29, 0.717) is 6.04 Å². The summed E-state index contributed by atoms with van der Waals surface area (Å²) in [5, 5.41) is 3.53. The molecule has 0 aliphatic heterocycles.